The lowest BCUT2D eigenvalue weighted by Crippen LogP contribution is -2.33. The second-order valence-corrected chi connectivity index (χ2v) is 6.31. The van der Waals surface area contributed by atoms with E-state index in [1.54, 1.807) is 24.3 Å². The SMILES string of the molecule is Nc1nc(C(=O)Nc2ccccc2)nc2c1ncn2[C@@H]1O[C@H](CO)C(O)C1O. The molecule has 0 spiro atoms. The Bertz CT molecular complexity index is 1010. The predicted molar refractivity (Wildman–Crippen MR) is 97.1 cm³/mol. The molecule has 1 aromatic carbocycles. The number of aromatic nitrogens is 4. The summed E-state index contributed by atoms with van der Waals surface area (Å²) in [7, 11) is 0. The van der Waals surface area contributed by atoms with Gasteiger partial charge in [0.25, 0.3) is 5.91 Å². The number of rotatable bonds is 4. The molecule has 2 aromatic heterocycles. The maximum atomic E-state index is 12.5. The van der Waals surface area contributed by atoms with Crippen LogP contribution < -0.4 is 11.1 Å². The second kappa shape index (κ2) is 7.13. The Morgan fingerprint density at radius 1 is 1.21 bits per heavy atom. The fraction of sp³-hybridized carbons (Fsp3) is 0.294. The van der Waals surface area contributed by atoms with Gasteiger partial charge in [-0.2, -0.15) is 0 Å². The number of aliphatic hydroxyl groups is 3. The molecule has 11 nitrogen and oxygen atoms in total. The first-order valence-electron chi connectivity index (χ1n) is 8.48. The Balaban J connectivity index is 1.70. The lowest BCUT2D eigenvalue weighted by Gasteiger charge is -2.16. The summed E-state index contributed by atoms with van der Waals surface area (Å²) >= 11 is 0. The van der Waals surface area contributed by atoms with Crippen LogP contribution in [0.15, 0.2) is 36.7 Å². The zero-order chi connectivity index (χ0) is 19.8. The van der Waals surface area contributed by atoms with Crippen LogP contribution in [0.2, 0.25) is 0 Å². The number of nitrogen functional groups attached to an aromatic ring is 1. The summed E-state index contributed by atoms with van der Waals surface area (Å²) in [5, 5.41) is 32.1. The summed E-state index contributed by atoms with van der Waals surface area (Å²) in [6.07, 6.45) is -3.32. The van der Waals surface area contributed by atoms with Gasteiger partial charge in [0.05, 0.1) is 12.9 Å². The van der Waals surface area contributed by atoms with E-state index in [1.165, 1.54) is 10.9 Å². The molecule has 3 aromatic rings. The normalized spacial score (nSPS) is 24.5. The molecular formula is C17H18N6O5. The molecule has 4 rings (SSSR count). The van der Waals surface area contributed by atoms with Crippen molar-refractivity contribution in [1.29, 1.82) is 0 Å². The number of amides is 1. The quantitative estimate of drug-likeness (QED) is 0.388. The van der Waals surface area contributed by atoms with Crippen molar-refractivity contribution in [3.63, 3.8) is 0 Å². The zero-order valence-electron chi connectivity index (χ0n) is 14.5. The van der Waals surface area contributed by atoms with Crippen LogP contribution in [0.5, 0.6) is 0 Å². The standard InChI is InChI=1S/C17H18N6O5/c18-13-10-15(22-14(21-13)16(27)20-8-4-2-1-3-5-8)23(7-19-10)17-12(26)11(25)9(6-24)28-17/h1-5,7,9,11-12,17,24-26H,6H2,(H,20,27)(H2,18,21,22)/t9-,11?,12?,17-/m1/s1. The van der Waals surface area contributed by atoms with Gasteiger partial charge in [0, 0.05) is 5.69 Å². The fourth-order valence-corrected chi connectivity index (χ4v) is 3.04. The summed E-state index contributed by atoms with van der Waals surface area (Å²) in [6.45, 7) is -0.469. The van der Waals surface area contributed by atoms with E-state index >= 15 is 0 Å². The van der Waals surface area contributed by atoms with Gasteiger partial charge < -0.3 is 31.1 Å². The molecule has 4 atom stereocenters. The van der Waals surface area contributed by atoms with E-state index in [4.69, 9.17) is 10.5 Å². The first-order chi connectivity index (χ1) is 13.5. The molecule has 1 aliphatic rings. The van der Waals surface area contributed by atoms with Crippen LogP contribution in [-0.4, -0.2) is 65.7 Å². The molecule has 146 valence electrons. The fourth-order valence-electron chi connectivity index (χ4n) is 3.04. The van der Waals surface area contributed by atoms with Crippen LogP contribution in [0, 0.1) is 0 Å². The Morgan fingerprint density at radius 2 is 1.96 bits per heavy atom. The summed E-state index contributed by atoms with van der Waals surface area (Å²) < 4.78 is 6.84. The molecule has 0 aliphatic carbocycles. The van der Waals surface area contributed by atoms with Gasteiger partial charge in [0.15, 0.2) is 17.7 Å². The van der Waals surface area contributed by atoms with E-state index in [2.05, 4.69) is 20.3 Å². The molecule has 0 bridgehead atoms. The number of aliphatic hydroxyl groups excluding tert-OH is 3. The topological polar surface area (TPSA) is 169 Å². The second-order valence-electron chi connectivity index (χ2n) is 6.31. The Morgan fingerprint density at radius 3 is 2.64 bits per heavy atom. The van der Waals surface area contributed by atoms with Gasteiger partial charge in [-0.3, -0.25) is 9.36 Å². The average molecular weight is 386 g/mol. The van der Waals surface area contributed by atoms with E-state index < -0.39 is 37.1 Å². The highest BCUT2D eigenvalue weighted by Crippen LogP contribution is 2.32. The molecule has 3 heterocycles. The van der Waals surface area contributed by atoms with Gasteiger partial charge in [-0.25, -0.2) is 15.0 Å². The third-order valence-corrected chi connectivity index (χ3v) is 4.47. The van der Waals surface area contributed by atoms with Crippen molar-refractivity contribution in [2.24, 2.45) is 0 Å². The van der Waals surface area contributed by atoms with Crippen molar-refractivity contribution in [3.8, 4) is 0 Å². The lowest BCUT2D eigenvalue weighted by atomic mass is 10.1. The molecule has 1 amide bonds. The third-order valence-electron chi connectivity index (χ3n) is 4.47. The van der Waals surface area contributed by atoms with E-state index in [9.17, 15) is 20.1 Å². The number of nitrogens with zero attached hydrogens (tertiary/aromatic N) is 4. The van der Waals surface area contributed by atoms with Crippen molar-refractivity contribution in [3.05, 3.63) is 42.5 Å². The van der Waals surface area contributed by atoms with Crippen LogP contribution in [-0.2, 0) is 4.74 Å². The van der Waals surface area contributed by atoms with Crippen molar-refractivity contribution < 1.29 is 24.9 Å². The van der Waals surface area contributed by atoms with Crippen LogP contribution in [0.25, 0.3) is 11.2 Å². The van der Waals surface area contributed by atoms with Gasteiger partial charge in [-0.15, -0.1) is 0 Å². The van der Waals surface area contributed by atoms with E-state index in [1.807, 2.05) is 6.07 Å². The van der Waals surface area contributed by atoms with E-state index in [0.29, 0.717) is 5.69 Å². The zero-order valence-corrected chi connectivity index (χ0v) is 14.5. The Labute approximate surface area is 158 Å². The smallest absolute Gasteiger partial charge is 0.293 e. The monoisotopic (exact) mass is 386 g/mol. The highest BCUT2D eigenvalue weighted by atomic mass is 16.6. The maximum Gasteiger partial charge on any atom is 0.293 e. The molecular weight excluding hydrogens is 368 g/mol. The third kappa shape index (κ3) is 3.05. The number of hydrogen-bond acceptors (Lipinski definition) is 9. The van der Waals surface area contributed by atoms with Crippen LogP contribution in [0.3, 0.4) is 0 Å². The minimum Gasteiger partial charge on any atom is -0.394 e. The summed E-state index contributed by atoms with van der Waals surface area (Å²) in [5.74, 6) is -0.787. The largest absolute Gasteiger partial charge is 0.394 e. The molecule has 11 heteroatoms. The summed E-state index contributed by atoms with van der Waals surface area (Å²) in [6, 6.07) is 8.78. The maximum absolute atomic E-state index is 12.5. The highest BCUT2D eigenvalue weighted by Gasteiger charge is 2.44. The van der Waals surface area contributed by atoms with Gasteiger partial charge in [-0.1, -0.05) is 18.2 Å². The van der Waals surface area contributed by atoms with Crippen molar-refractivity contribution >= 4 is 28.6 Å². The van der Waals surface area contributed by atoms with Gasteiger partial charge in [0.1, 0.15) is 23.8 Å². The number of fused-ring (bicyclic) bond motifs is 1. The molecule has 6 N–H and O–H groups in total. The number of anilines is 2. The van der Waals surface area contributed by atoms with Gasteiger partial charge in [-0.05, 0) is 12.1 Å². The molecule has 0 radical (unpaired) electrons. The number of ether oxygens (including phenoxy) is 1. The van der Waals surface area contributed by atoms with Gasteiger partial charge >= 0.3 is 0 Å². The van der Waals surface area contributed by atoms with Crippen LogP contribution in [0.1, 0.15) is 16.8 Å². The molecule has 1 fully saturated rings. The predicted octanol–water partition coefficient (Wildman–Crippen LogP) is -0.728. The number of carbonyl (C=O) groups excluding carboxylic acids is 1. The number of hydrogen-bond donors (Lipinski definition) is 5. The lowest BCUT2D eigenvalue weighted by molar-refractivity contribution is -0.0511. The summed E-state index contributed by atoms with van der Waals surface area (Å²) in [4.78, 5) is 24.8. The van der Waals surface area contributed by atoms with Crippen molar-refractivity contribution in [2.75, 3.05) is 17.7 Å². The summed E-state index contributed by atoms with van der Waals surface area (Å²) in [5.41, 5.74) is 6.85. The number of imidazole rings is 1. The van der Waals surface area contributed by atoms with Crippen LogP contribution in [0.4, 0.5) is 11.5 Å². The number of nitrogens with one attached hydrogen (secondary N) is 1. The molecule has 0 saturated carbocycles. The van der Waals surface area contributed by atoms with Crippen molar-refractivity contribution in [1.82, 2.24) is 19.5 Å². The molecule has 28 heavy (non-hydrogen) atoms. The highest BCUT2D eigenvalue weighted by molar-refractivity contribution is 6.03. The molecule has 2 unspecified atom stereocenters. The Hall–Kier alpha value is -3.12. The minimum atomic E-state index is -1.33. The number of para-hydroxylation sites is 1. The first-order valence-corrected chi connectivity index (χ1v) is 8.48. The number of benzene rings is 1. The van der Waals surface area contributed by atoms with Gasteiger partial charge in [0.2, 0.25) is 5.82 Å². The van der Waals surface area contributed by atoms with Crippen molar-refractivity contribution in [2.45, 2.75) is 24.5 Å². The molecule has 1 aliphatic heterocycles. The average Bonchev–Trinajstić information content (AvgIpc) is 3.24. The first kappa shape index (κ1) is 18.3. The van der Waals surface area contributed by atoms with E-state index in [0.717, 1.165) is 0 Å². The minimum absolute atomic E-state index is 0.0197. The molecule has 1 saturated heterocycles. The van der Waals surface area contributed by atoms with E-state index in [-0.39, 0.29) is 22.8 Å². The Kier molecular flexibility index (Phi) is 4.65. The number of nitrogens with two attached hydrogens (primary N) is 1. The van der Waals surface area contributed by atoms with Crippen LogP contribution >= 0.6 is 0 Å². The number of carbonyl (C=O) groups is 1.